The SMILES string of the molecule is CC1CC(C2CCC(C3C(O)CCC4CCCCC43)C2)CC(C)C1O. The van der Waals surface area contributed by atoms with Gasteiger partial charge in [-0.05, 0) is 98.7 Å². The number of aliphatic hydroxyl groups excluding tert-OH is 2. The molecule has 0 radical (unpaired) electrons. The normalized spacial score (nSPS) is 54.2. The summed E-state index contributed by atoms with van der Waals surface area (Å²) < 4.78 is 0. The minimum atomic E-state index is -0.0865. The highest BCUT2D eigenvalue weighted by atomic mass is 16.3. The summed E-state index contributed by atoms with van der Waals surface area (Å²) in [7, 11) is 0. The van der Waals surface area contributed by atoms with E-state index >= 15 is 0 Å². The summed E-state index contributed by atoms with van der Waals surface area (Å²) >= 11 is 0. The molecule has 0 spiro atoms. The molecule has 2 heteroatoms. The summed E-state index contributed by atoms with van der Waals surface area (Å²) in [5, 5.41) is 21.1. The van der Waals surface area contributed by atoms with Crippen molar-refractivity contribution in [3.8, 4) is 0 Å². The maximum atomic E-state index is 10.9. The van der Waals surface area contributed by atoms with E-state index in [1.165, 1.54) is 64.2 Å². The minimum Gasteiger partial charge on any atom is -0.393 e. The maximum absolute atomic E-state index is 10.9. The predicted molar refractivity (Wildman–Crippen MR) is 102 cm³/mol. The Balaban J connectivity index is 1.41. The molecule has 0 heterocycles. The quantitative estimate of drug-likeness (QED) is 0.735. The number of fused-ring (bicyclic) bond motifs is 1. The lowest BCUT2D eigenvalue weighted by atomic mass is 9.60. The fourth-order valence-electron chi connectivity index (χ4n) is 7.73. The van der Waals surface area contributed by atoms with Crippen LogP contribution in [-0.4, -0.2) is 22.4 Å². The lowest BCUT2D eigenvalue weighted by Gasteiger charge is -2.47. The van der Waals surface area contributed by atoms with Gasteiger partial charge in [-0.15, -0.1) is 0 Å². The number of aliphatic hydroxyl groups is 2. The zero-order valence-corrected chi connectivity index (χ0v) is 16.4. The molecule has 4 rings (SSSR count). The first-order valence-corrected chi connectivity index (χ1v) is 11.4. The summed E-state index contributed by atoms with van der Waals surface area (Å²) in [6.45, 7) is 4.49. The largest absolute Gasteiger partial charge is 0.393 e. The van der Waals surface area contributed by atoms with Crippen LogP contribution in [0.4, 0.5) is 0 Å². The molecule has 0 saturated heterocycles. The molecule has 4 saturated carbocycles. The van der Waals surface area contributed by atoms with Crippen molar-refractivity contribution in [3.63, 3.8) is 0 Å². The minimum absolute atomic E-state index is 0.0193. The number of hydrogen-bond donors (Lipinski definition) is 2. The van der Waals surface area contributed by atoms with Crippen LogP contribution in [0.5, 0.6) is 0 Å². The van der Waals surface area contributed by atoms with Gasteiger partial charge >= 0.3 is 0 Å². The van der Waals surface area contributed by atoms with E-state index in [9.17, 15) is 10.2 Å². The molecule has 0 bridgehead atoms. The van der Waals surface area contributed by atoms with E-state index in [-0.39, 0.29) is 12.2 Å². The molecule has 4 aliphatic carbocycles. The average Bonchev–Trinajstić information content (AvgIpc) is 3.08. The molecule has 0 aliphatic heterocycles. The first-order chi connectivity index (χ1) is 12.0. The summed E-state index contributed by atoms with van der Waals surface area (Å²) in [5.74, 6) is 5.75. The van der Waals surface area contributed by atoms with Crippen LogP contribution in [0, 0.1) is 47.3 Å². The van der Waals surface area contributed by atoms with E-state index in [1.54, 1.807) is 0 Å². The molecule has 25 heavy (non-hydrogen) atoms. The van der Waals surface area contributed by atoms with Crippen molar-refractivity contribution in [1.29, 1.82) is 0 Å². The van der Waals surface area contributed by atoms with Crippen LogP contribution in [0.2, 0.25) is 0 Å². The Kier molecular flexibility index (Phi) is 5.49. The number of hydrogen-bond acceptors (Lipinski definition) is 2. The third-order valence-electron chi connectivity index (χ3n) is 8.98. The fourth-order valence-corrected chi connectivity index (χ4v) is 7.73. The first kappa shape index (κ1) is 18.3. The van der Waals surface area contributed by atoms with Crippen LogP contribution in [0.25, 0.3) is 0 Å². The van der Waals surface area contributed by atoms with Crippen molar-refractivity contribution in [1.82, 2.24) is 0 Å². The molecule has 8 unspecified atom stereocenters. The topological polar surface area (TPSA) is 40.5 Å². The molecule has 4 aliphatic rings. The van der Waals surface area contributed by atoms with Gasteiger partial charge in [0.2, 0.25) is 0 Å². The Bertz CT molecular complexity index is 437. The monoisotopic (exact) mass is 348 g/mol. The Hall–Kier alpha value is -0.0800. The van der Waals surface area contributed by atoms with Gasteiger partial charge in [0.25, 0.3) is 0 Å². The lowest BCUT2D eigenvalue weighted by molar-refractivity contribution is -0.0453. The van der Waals surface area contributed by atoms with Crippen LogP contribution in [-0.2, 0) is 0 Å². The highest BCUT2D eigenvalue weighted by Crippen LogP contribution is 2.53. The zero-order valence-electron chi connectivity index (χ0n) is 16.4. The lowest BCUT2D eigenvalue weighted by Crippen LogP contribution is -2.43. The molecule has 0 aromatic heterocycles. The molecule has 0 amide bonds. The molecule has 0 aromatic rings. The van der Waals surface area contributed by atoms with E-state index in [4.69, 9.17) is 0 Å². The third kappa shape index (κ3) is 3.55. The van der Waals surface area contributed by atoms with Crippen LogP contribution < -0.4 is 0 Å². The Labute approximate surface area is 154 Å². The fraction of sp³-hybridized carbons (Fsp3) is 1.00. The van der Waals surface area contributed by atoms with Gasteiger partial charge < -0.3 is 10.2 Å². The van der Waals surface area contributed by atoms with Crippen molar-refractivity contribution >= 4 is 0 Å². The second-order valence-corrected chi connectivity index (χ2v) is 10.4. The molecular formula is C23H40O2. The van der Waals surface area contributed by atoms with Gasteiger partial charge in [-0.25, -0.2) is 0 Å². The first-order valence-electron chi connectivity index (χ1n) is 11.4. The van der Waals surface area contributed by atoms with Crippen molar-refractivity contribution in [2.45, 2.75) is 96.7 Å². The van der Waals surface area contributed by atoms with Crippen molar-refractivity contribution in [2.75, 3.05) is 0 Å². The van der Waals surface area contributed by atoms with Gasteiger partial charge in [0.15, 0.2) is 0 Å². The molecule has 4 fully saturated rings. The molecule has 144 valence electrons. The molecule has 0 aromatic carbocycles. The molecular weight excluding hydrogens is 308 g/mol. The van der Waals surface area contributed by atoms with Gasteiger partial charge in [-0.2, -0.15) is 0 Å². The van der Waals surface area contributed by atoms with E-state index in [2.05, 4.69) is 13.8 Å². The highest BCUT2D eigenvalue weighted by molar-refractivity contribution is 4.97. The van der Waals surface area contributed by atoms with Crippen LogP contribution in [0.3, 0.4) is 0 Å². The smallest absolute Gasteiger partial charge is 0.0591 e. The maximum Gasteiger partial charge on any atom is 0.0591 e. The van der Waals surface area contributed by atoms with Gasteiger partial charge in [0.1, 0.15) is 0 Å². The van der Waals surface area contributed by atoms with Gasteiger partial charge in [-0.1, -0.05) is 33.1 Å². The average molecular weight is 349 g/mol. The number of rotatable bonds is 2. The second-order valence-electron chi connectivity index (χ2n) is 10.4. The molecule has 2 N–H and O–H groups in total. The van der Waals surface area contributed by atoms with E-state index in [0.717, 1.165) is 36.0 Å². The van der Waals surface area contributed by atoms with E-state index in [0.29, 0.717) is 17.8 Å². The highest BCUT2D eigenvalue weighted by Gasteiger charge is 2.47. The van der Waals surface area contributed by atoms with E-state index < -0.39 is 0 Å². The summed E-state index contributed by atoms with van der Waals surface area (Å²) in [4.78, 5) is 0. The Morgan fingerprint density at radius 2 is 1.24 bits per heavy atom. The van der Waals surface area contributed by atoms with E-state index in [1.807, 2.05) is 0 Å². The Morgan fingerprint density at radius 1 is 0.600 bits per heavy atom. The van der Waals surface area contributed by atoms with Crippen molar-refractivity contribution < 1.29 is 10.2 Å². The van der Waals surface area contributed by atoms with Crippen molar-refractivity contribution in [2.24, 2.45) is 47.3 Å². The Morgan fingerprint density at radius 3 is 2.00 bits per heavy atom. The zero-order chi connectivity index (χ0) is 17.6. The predicted octanol–water partition coefficient (Wildman–Crippen LogP) is 5.02. The van der Waals surface area contributed by atoms with Gasteiger partial charge in [-0.3, -0.25) is 0 Å². The third-order valence-corrected chi connectivity index (χ3v) is 8.98. The van der Waals surface area contributed by atoms with Gasteiger partial charge in [0.05, 0.1) is 12.2 Å². The van der Waals surface area contributed by atoms with Crippen molar-refractivity contribution in [3.05, 3.63) is 0 Å². The second kappa shape index (κ2) is 7.50. The van der Waals surface area contributed by atoms with Crippen LogP contribution in [0.1, 0.15) is 84.5 Å². The van der Waals surface area contributed by atoms with Crippen LogP contribution >= 0.6 is 0 Å². The standard InChI is InChI=1S/C23H40O2/c1-14-11-19(12-15(2)23(14)25)17-7-8-18(13-17)22-20-6-4-3-5-16(20)9-10-21(22)24/h14-25H,3-13H2,1-2H3. The van der Waals surface area contributed by atoms with Crippen LogP contribution in [0.15, 0.2) is 0 Å². The van der Waals surface area contributed by atoms with Gasteiger partial charge in [0, 0.05) is 0 Å². The molecule has 8 atom stereocenters. The summed E-state index contributed by atoms with van der Waals surface area (Å²) in [6.07, 6.45) is 14.4. The summed E-state index contributed by atoms with van der Waals surface area (Å²) in [6, 6.07) is 0. The summed E-state index contributed by atoms with van der Waals surface area (Å²) in [5.41, 5.74) is 0. The molecule has 2 nitrogen and oxygen atoms in total.